The molecule has 7 heteroatoms. The highest BCUT2D eigenvalue weighted by Gasteiger charge is 2.14. The highest BCUT2D eigenvalue weighted by atomic mass is 35.5. The molecule has 1 amide bonds. The Morgan fingerprint density at radius 2 is 2.00 bits per heavy atom. The van der Waals surface area contributed by atoms with Crippen LogP contribution in [-0.2, 0) is 11.3 Å². The molecule has 1 heterocycles. The molecule has 0 saturated heterocycles. The van der Waals surface area contributed by atoms with Crippen molar-refractivity contribution in [2.45, 2.75) is 6.54 Å². The van der Waals surface area contributed by atoms with Gasteiger partial charge in [0, 0.05) is 18.3 Å². The number of esters is 1. The summed E-state index contributed by atoms with van der Waals surface area (Å²) < 4.78 is 9.84. The summed E-state index contributed by atoms with van der Waals surface area (Å²) in [4.78, 5) is 27.6. The number of nitrogens with zero attached hydrogens (tertiary/aromatic N) is 1. The van der Waals surface area contributed by atoms with Gasteiger partial charge in [0.2, 0.25) is 0 Å². The lowest BCUT2D eigenvalue weighted by atomic mass is 10.1. The minimum Gasteiger partial charge on any atom is -0.496 e. The second-order valence-electron chi connectivity index (χ2n) is 4.58. The Morgan fingerprint density at radius 3 is 2.65 bits per heavy atom. The number of nitrogens with one attached hydrogen (secondary N) is 1. The molecule has 1 N–H and O–H groups in total. The zero-order chi connectivity index (χ0) is 16.8. The largest absolute Gasteiger partial charge is 0.496 e. The van der Waals surface area contributed by atoms with Gasteiger partial charge in [-0.25, -0.2) is 9.78 Å². The molecule has 0 unspecified atom stereocenters. The van der Waals surface area contributed by atoms with Crippen LogP contribution in [0.15, 0.2) is 36.5 Å². The summed E-state index contributed by atoms with van der Waals surface area (Å²) in [6, 6.07) is 8.06. The fraction of sp³-hybridized carbons (Fsp3) is 0.188. The van der Waals surface area contributed by atoms with E-state index in [1.54, 1.807) is 24.3 Å². The number of carbonyl (C=O) groups is 2. The van der Waals surface area contributed by atoms with E-state index < -0.39 is 5.97 Å². The molecule has 0 atom stereocenters. The molecule has 0 bridgehead atoms. The van der Waals surface area contributed by atoms with Gasteiger partial charge in [-0.2, -0.15) is 0 Å². The summed E-state index contributed by atoms with van der Waals surface area (Å²) in [6.07, 6.45) is 1.46. The third-order valence-corrected chi connectivity index (χ3v) is 3.32. The van der Waals surface area contributed by atoms with Crippen LogP contribution in [-0.4, -0.2) is 31.1 Å². The van der Waals surface area contributed by atoms with E-state index >= 15 is 0 Å². The van der Waals surface area contributed by atoms with Crippen molar-refractivity contribution in [1.82, 2.24) is 10.3 Å². The third-order valence-electron chi connectivity index (χ3n) is 3.11. The number of benzene rings is 1. The molecular weight excluding hydrogens is 320 g/mol. The number of rotatable bonds is 5. The van der Waals surface area contributed by atoms with Crippen molar-refractivity contribution in [1.29, 1.82) is 0 Å². The van der Waals surface area contributed by atoms with Crippen LogP contribution in [0.5, 0.6) is 5.75 Å². The van der Waals surface area contributed by atoms with Crippen molar-refractivity contribution in [2.75, 3.05) is 14.2 Å². The van der Waals surface area contributed by atoms with Gasteiger partial charge in [-0.05, 0) is 29.8 Å². The molecule has 0 aliphatic heterocycles. The Morgan fingerprint density at radius 1 is 1.22 bits per heavy atom. The molecule has 2 rings (SSSR count). The number of aromatic nitrogens is 1. The first-order valence-electron chi connectivity index (χ1n) is 6.70. The summed E-state index contributed by atoms with van der Waals surface area (Å²) in [5, 5.41) is 2.99. The number of halogens is 1. The van der Waals surface area contributed by atoms with E-state index in [4.69, 9.17) is 21.1 Å². The fourth-order valence-corrected chi connectivity index (χ4v) is 2.14. The first kappa shape index (κ1) is 16.8. The average molecular weight is 335 g/mol. The van der Waals surface area contributed by atoms with Gasteiger partial charge in [0.05, 0.1) is 14.2 Å². The Labute approximate surface area is 138 Å². The molecule has 0 fully saturated rings. The van der Waals surface area contributed by atoms with Gasteiger partial charge in [0.15, 0.2) is 0 Å². The maximum absolute atomic E-state index is 12.1. The number of carbonyl (C=O) groups excluding carboxylic acids is 2. The Hall–Kier alpha value is -2.60. The molecule has 23 heavy (non-hydrogen) atoms. The van der Waals surface area contributed by atoms with Gasteiger partial charge >= 0.3 is 5.97 Å². The van der Waals surface area contributed by atoms with Crippen molar-refractivity contribution in [3.05, 3.63) is 58.4 Å². The molecule has 120 valence electrons. The lowest BCUT2D eigenvalue weighted by molar-refractivity contribution is 0.0597. The molecule has 0 spiro atoms. The molecule has 1 aromatic heterocycles. The lowest BCUT2D eigenvalue weighted by Crippen LogP contribution is -2.23. The van der Waals surface area contributed by atoms with E-state index in [9.17, 15) is 9.59 Å². The maximum atomic E-state index is 12.1. The second kappa shape index (κ2) is 7.60. The molecule has 1 aromatic carbocycles. The minimum atomic E-state index is -0.504. The van der Waals surface area contributed by atoms with E-state index in [1.165, 1.54) is 26.5 Å². The molecule has 2 aromatic rings. The quantitative estimate of drug-likeness (QED) is 0.671. The maximum Gasteiger partial charge on any atom is 0.341 e. The van der Waals surface area contributed by atoms with Crippen molar-refractivity contribution in [3.63, 3.8) is 0 Å². The van der Waals surface area contributed by atoms with Crippen LogP contribution >= 0.6 is 11.6 Å². The Bertz CT molecular complexity index is 734. The summed E-state index contributed by atoms with van der Waals surface area (Å²) in [7, 11) is 2.76. The second-order valence-corrected chi connectivity index (χ2v) is 4.96. The summed E-state index contributed by atoms with van der Waals surface area (Å²) in [5.74, 6) is -0.381. The molecule has 0 saturated carbocycles. The zero-order valence-electron chi connectivity index (χ0n) is 12.6. The monoisotopic (exact) mass is 334 g/mol. The van der Waals surface area contributed by atoms with Gasteiger partial charge in [-0.3, -0.25) is 4.79 Å². The number of amides is 1. The van der Waals surface area contributed by atoms with Crippen LogP contribution in [0, 0.1) is 0 Å². The predicted molar refractivity (Wildman–Crippen MR) is 84.8 cm³/mol. The lowest BCUT2D eigenvalue weighted by Gasteiger charge is -2.10. The number of hydrogen-bond donors (Lipinski definition) is 1. The number of hydrogen-bond acceptors (Lipinski definition) is 5. The molecule has 0 radical (unpaired) electrons. The number of methoxy groups -OCH3 is 2. The van der Waals surface area contributed by atoms with Crippen molar-refractivity contribution in [2.24, 2.45) is 0 Å². The Balaban J connectivity index is 2.11. The van der Waals surface area contributed by atoms with E-state index in [1.807, 2.05) is 0 Å². The minimum absolute atomic E-state index is 0.243. The van der Waals surface area contributed by atoms with Crippen LogP contribution in [0.1, 0.15) is 26.3 Å². The van der Waals surface area contributed by atoms with Gasteiger partial charge < -0.3 is 14.8 Å². The predicted octanol–water partition coefficient (Wildman–Crippen LogP) is 2.46. The van der Waals surface area contributed by atoms with E-state index in [2.05, 4.69) is 10.3 Å². The molecule has 0 aliphatic rings. The van der Waals surface area contributed by atoms with Crippen LogP contribution in [0.4, 0.5) is 0 Å². The average Bonchev–Trinajstić information content (AvgIpc) is 2.58. The summed E-state index contributed by atoms with van der Waals surface area (Å²) in [6.45, 7) is 0.243. The summed E-state index contributed by atoms with van der Waals surface area (Å²) in [5.41, 5.74) is 1.44. The van der Waals surface area contributed by atoms with Crippen LogP contribution in [0.25, 0.3) is 0 Å². The van der Waals surface area contributed by atoms with E-state index in [0.717, 1.165) is 5.56 Å². The SMILES string of the molecule is COC(=O)c1cc(CNC(=O)c2ccnc(Cl)c2)ccc1OC. The van der Waals surface area contributed by atoms with Gasteiger partial charge in [0.25, 0.3) is 5.91 Å². The standard InChI is InChI=1S/C16H15ClN2O4/c1-22-13-4-3-10(7-12(13)16(21)23-2)9-19-15(20)11-5-6-18-14(17)8-11/h3-8H,9H2,1-2H3,(H,19,20). The highest BCUT2D eigenvalue weighted by Crippen LogP contribution is 2.20. The van der Waals surface area contributed by atoms with Crippen LogP contribution < -0.4 is 10.1 Å². The molecule has 6 nitrogen and oxygen atoms in total. The number of pyridine rings is 1. The van der Waals surface area contributed by atoms with Crippen molar-refractivity contribution in [3.8, 4) is 5.75 Å². The van der Waals surface area contributed by atoms with E-state index in [0.29, 0.717) is 16.9 Å². The summed E-state index contributed by atoms with van der Waals surface area (Å²) >= 11 is 5.75. The highest BCUT2D eigenvalue weighted by molar-refractivity contribution is 6.29. The molecule has 0 aliphatic carbocycles. The smallest absolute Gasteiger partial charge is 0.341 e. The van der Waals surface area contributed by atoms with Gasteiger partial charge in [-0.1, -0.05) is 17.7 Å². The first-order chi connectivity index (χ1) is 11.0. The normalized spacial score (nSPS) is 10.0. The topological polar surface area (TPSA) is 77.5 Å². The zero-order valence-corrected chi connectivity index (χ0v) is 13.4. The Kier molecular flexibility index (Phi) is 5.54. The third kappa shape index (κ3) is 4.20. The van der Waals surface area contributed by atoms with Crippen LogP contribution in [0.2, 0.25) is 5.15 Å². The van der Waals surface area contributed by atoms with E-state index in [-0.39, 0.29) is 17.6 Å². The van der Waals surface area contributed by atoms with Crippen LogP contribution in [0.3, 0.4) is 0 Å². The number of ether oxygens (including phenoxy) is 2. The van der Waals surface area contributed by atoms with Crippen molar-refractivity contribution < 1.29 is 19.1 Å². The van der Waals surface area contributed by atoms with Gasteiger partial charge in [0.1, 0.15) is 16.5 Å². The first-order valence-corrected chi connectivity index (χ1v) is 7.08. The molecular formula is C16H15ClN2O4. The fourth-order valence-electron chi connectivity index (χ4n) is 1.96. The van der Waals surface area contributed by atoms with Crippen molar-refractivity contribution >= 4 is 23.5 Å². The van der Waals surface area contributed by atoms with Gasteiger partial charge in [-0.15, -0.1) is 0 Å².